The maximum atomic E-state index is 13.0. The zero-order valence-electron chi connectivity index (χ0n) is 15.6. The number of likely N-dealkylation sites (N-methyl/N-ethyl adjacent to an activating group) is 1. The van der Waals surface area contributed by atoms with E-state index in [0.717, 1.165) is 4.48 Å². The van der Waals surface area contributed by atoms with Gasteiger partial charge in [0.1, 0.15) is 25.2 Å². The third-order valence-electron chi connectivity index (χ3n) is 6.48. The van der Waals surface area contributed by atoms with Crippen LogP contribution in [0.1, 0.15) is 20.3 Å². The fraction of sp³-hybridized carbons (Fsp3) is 0.706. The van der Waals surface area contributed by atoms with Gasteiger partial charge in [-0.2, -0.15) is 0 Å². The molecule has 1 aliphatic carbocycles. The molecule has 4 aliphatic rings. The smallest absolute Gasteiger partial charge is 0.250 e. The van der Waals surface area contributed by atoms with Crippen LogP contribution >= 0.6 is 0 Å². The molecule has 0 aromatic carbocycles. The minimum absolute atomic E-state index is 0. The highest BCUT2D eigenvalue weighted by Gasteiger charge is 2.79. The number of fused-ring (bicyclic) bond motifs is 5. The van der Waals surface area contributed by atoms with Crippen LogP contribution in [0.2, 0.25) is 0 Å². The quantitative estimate of drug-likeness (QED) is 0.235. The molecule has 4 rings (SSSR count). The molecule has 1 spiro atoms. The summed E-state index contributed by atoms with van der Waals surface area (Å²) in [6.07, 6.45) is 4.67. The Balaban J connectivity index is 0.00000113. The first kappa shape index (κ1) is 20.2. The molecule has 140 valence electrons. The van der Waals surface area contributed by atoms with E-state index in [2.05, 4.69) is 44.9 Å². The molecule has 6 nitrogen and oxygen atoms in total. The summed E-state index contributed by atoms with van der Waals surface area (Å²) in [6, 6.07) is 0.611. The summed E-state index contributed by atoms with van der Waals surface area (Å²) in [4.78, 5) is 29.5. The highest BCUT2D eigenvalue weighted by molar-refractivity contribution is 6.02. The highest BCUT2D eigenvalue weighted by atomic mass is 35.5. The van der Waals surface area contributed by atoms with E-state index in [1.807, 2.05) is 18.7 Å². The second-order valence-corrected chi connectivity index (χ2v) is 8.59. The summed E-state index contributed by atoms with van der Waals surface area (Å²) in [5.74, 6) is 0.174. The number of hydrogen-bond donors (Lipinski definition) is 0. The number of nitrogens with zero attached hydrogens (tertiary/aromatic N) is 4. The standard InChI is InChI=1S/C17H26N4O2.2ClH/c1-16(2)15(23)20-10-19(16)12(22)9-17(20)8-7-11(18(3)4)13-14(17)21(13,5)6;;/h7-8,13-14H,9-10H2,1-6H3;2*1H/q+2;;/p-2. The van der Waals surface area contributed by atoms with Crippen LogP contribution in [0.25, 0.3) is 0 Å². The Labute approximate surface area is 161 Å². The molecule has 0 N–H and O–H groups in total. The average Bonchev–Trinajstić information content (AvgIpc) is 2.94. The lowest BCUT2D eigenvalue weighted by molar-refractivity contribution is -0.781. The van der Waals surface area contributed by atoms with Crippen molar-refractivity contribution in [3.05, 3.63) is 12.2 Å². The van der Waals surface area contributed by atoms with E-state index >= 15 is 0 Å². The maximum absolute atomic E-state index is 13.0. The lowest BCUT2D eigenvalue weighted by Crippen LogP contribution is -3.00. The zero-order chi connectivity index (χ0) is 16.9. The first-order chi connectivity index (χ1) is 10.5. The van der Waals surface area contributed by atoms with Gasteiger partial charge in [0.25, 0.3) is 0 Å². The van der Waals surface area contributed by atoms with Crippen LogP contribution in [-0.2, 0) is 9.59 Å². The first-order valence-electron chi connectivity index (χ1n) is 8.24. The van der Waals surface area contributed by atoms with Gasteiger partial charge in [0.2, 0.25) is 23.6 Å². The van der Waals surface area contributed by atoms with Gasteiger partial charge < -0.3 is 39.1 Å². The van der Waals surface area contributed by atoms with Crippen LogP contribution in [-0.4, -0.2) is 94.4 Å². The normalized spacial score (nSPS) is 36.0. The molecule has 25 heavy (non-hydrogen) atoms. The van der Waals surface area contributed by atoms with E-state index in [0.29, 0.717) is 19.1 Å². The molecule has 3 fully saturated rings. The van der Waals surface area contributed by atoms with Crippen LogP contribution in [0.5, 0.6) is 0 Å². The number of quaternary nitrogens is 1. The largest absolute Gasteiger partial charge is 1.00 e. The van der Waals surface area contributed by atoms with Crippen molar-refractivity contribution >= 4 is 17.5 Å². The predicted molar refractivity (Wildman–Crippen MR) is 85.9 cm³/mol. The number of hydrogen-bond acceptors (Lipinski definition) is 2. The number of halogens is 2. The molecule has 0 saturated carbocycles. The fourth-order valence-corrected chi connectivity index (χ4v) is 5.13. The molecule has 0 radical (unpaired) electrons. The summed E-state index contributed by atoms with van der Waals surface area (Å²) >= 11 is 0. The van der Waals surface area contributed by atoms with Gasteiger partial charge in [0.05, 0.1) is 27.2 Å². The van der Waals surface area contributed by atoms with Crippen LogP contribution in [0.4, 0.5) is 0 Å². The van der Waals surface area contributed by atoms with Gasteiger partial charge in [-0.1, -0.05) is 0 Å². The summed E-state index contributed by atoms with van der Waals surface area (Å²) in [5, 5.41) is 0. The van der Waals surface area contributed by atoms with Crippen molar-refractivity contribution in [2.24, 2.45) is 0 Å². The molecule has 3 aliphatic heterocycles. The predicted octanol–water partition coefficient (Wildman–Crippen LogP) is -6.35. The zero-order valence-corrected chi connectivity index (χ0v) is 17.1. The summed E-state index contributed by atoms with van der Waals surface area (Å²) < 4.78 is 2.98. The highest BCUT2D eigenvalue weighted by Crippen LogP contribution is 2.54. The molecule has 2 amide bonds. The Kier molecular flexibility index (Phi) is 4.40. The number of carbonyl (C=O) groups is 2. The summed E-state index contributed by atoms with van der Waals surface area (Å²) in [7, 11) is 8.53. The molecule has 0 aromatic rings. The summed E-state index contributed by atoms with van der Waals surface area (Å²) in [5.41, 5.74) is 0.0968. The Morgan fingerprint density at radius 2 is 1.76 bits per heavy atom. The molecule has 3 heterocycles. The van der Waals surface area contributed by atoms with Crippen LogP contribution in [0, 0.1) is 0 Å². The van der Waals surface area contributed by atoms with Crippen molar-refractivity contribution in [1.29, 1.82) is 0 Å². The first-order valence-corrected chi connectivity index (χ1v) is 8.24. The molecule has 3 unspecified atom stereocenters. The van der Waals surface area contributed by atoms with E-state index in [1.165, 1.54) is 5.71 Å². The van der Waals surface area contributed by atoms with Crippen molar-refractivity contribution in [1.82, 2.24) is 9.80 Å². The van der Waals surface area contributed by atoms with E-state index in [1.54, 1.807) is 4.90 Å². The number of carbonyl (C=O) groups excluding carboxylic acids is 2. The Bertz CT molecular complexity index is 711. The van der Waals surface area contributed by atoms with Crippen molar-refractivity contribution in [2.75, 3.05) is 34.9 Å². The Morgan fingerprint density at radius 3 is 2.32 bits per heavy atom. The van der Waals surface area contributed by atoms with E-state index < -0.39 is 11.1 Å². The average molecular weight is 389 g/mol. The van der Waals surface area contributed by atoms with Crippen molar-refractivity contribution in [2.45, 2.75) is 43.4 Å². The Hall–Kier alpha value is -1.11. The second-order valence-electron chi connectivity index (χ2n) is 8.59. The van der Waals surface area contributed by atoms with Crippen molar-refractivity contribution in [3.63, 3.8) is 0 Å². The van der Waals surface area contributed by atoms with E-state index in [4.69, 9.17) is 0 Å². The SMILES string of the molecule is C[N+](C)=C1C=CC2(CC(=O)N3CN2C(=O)C3(C)C)C2C1[N+]2(C)C.[Cl-].[Cl-]. The minimum Gasteiger partial charge on any atom is -1.00 e. The molecular formula is C17H26Cl2N4O2. The van der Waals surface area contributed by atoms with Crippen molar-refractivity contribution < 1.29 is 43.5 Å². The Morgan fingerprint density at radius 1 is 1.16 bits per heavy atom. The van der Waals surface area contributed by atoms with Gasteiger partial charge in [-0.05, 0) is 19.9 Å². The lowest BCUT2D eigenvalue weighted by Gasteiger charge is -2.42. The van der Waals surface area contributed by atoms with Gasteiger partial charge in [-0.15, -0.1) is 0 Å². The maximum Gasteiger partial charge on any atom is 0.250 e. The fourth-order valence-electron chi connectivity index (χ4n) is 5.13. The molecule has 3 atom stereocenters. The van der Waals surface area contributed by atoms with Crippen molar-refractivity contribution in [3.8, 4) is 0 Å². The topological polar surface area (TPSA) is 43.6 Å². The van der Waals surface area contributed by atoms with Crippen LogP contribution in [0.15, 0.2) is 12.2 Å². The van der Waals surface area contributed by atoms with Gasteiger partial charge in [0.15, 0.2) is 6.04 Å². The van der Waals surface area contributed by atoms with E-state index in [9.17, 15) is 9.59 Å². The molecule has 3 saturated heterocycles. The molecule has 2 bridgehead atoms. The monoisotopic (exact) mass is 388 g/mol. The second kappa shape index (κ2) is 5.44. The van der Waals surface area contributed by atoms with Gasteiger partial charge >= 0.3 is 0 Å². The third-order valence-corrected chi connectivity index (χ3v) is 6.48. The number of amides is 2. The third kappa shape index (κ3) is 2.17. The van der Waals surface area contributed by atoms with Crippen LogP contribution in [0.3, 0.4) is 0 Å². The molecule has 0 aromatic heterocycles. The van der Waals surface area contributed by atoms with Gasteiger partial charge in [-0.25, -0.2) is 4.58 Å². The number of rotatable bonds is 0. The van der Waals surface area contributed by atoms with Crippen LogP contribution < -0.4 is 24.8 Å². The minimum atomic E-state index is -0.721. The summed E-state index contributed by atoms with van der Waals surface area (Å²) in [6.45, 7) is 4.15. The van der Waals surface area contributed by atoms with Gasteiger partial charge in [0, 0.05) is 6.08 Å². The van der Waals surface area contributed by atoms with E-state index in [-0.39, 0.29) is 42.7 Å². The lowest BCUT2D eigenvalue weighted by atomic mass is 9.81. The molecule has 8 heteroatoms. The van der Waals surface area contributed by atoms with Gasteiger partial charge in [-0.3, -0.25) is 9.59 Å². The molecular weight excluding hydrogens is 363 g/mol.